The van der Waals surface area contributed by atoms with E-state index in [1.807, 2.05) is 24.3 Å². The van der Waals surface area contributed by atoms with Gasteiger partial charge in [0, 0.05) is 12.4 Å². The Kier molecular flexibility index (Phi) is 3.15. The highest BCUT2D eigenvalue weighted by Crippen LogP contribution is 2.27. The zero-order valence-electron chi connectivity index (χ0n) is 11.2. The quantitative estimate of drug-likeness (QED) is 0.737. The number of rotatable bonds is 4. The molecule has 0 spiro atoms. The molecule has 21 heavy (non-hydrogen) atoms. The van der Waals surface area contributed by atoms with Crippen LogP contribution in [0, 0.1) is 0 Å². The largest absolute Gasteiger partial charge is 0.481 e. The second-order valence-electron chi connectivity index (χ2n) is 4.65. The summed E-state index contributed by atoms with van der Waals surface area (Å²) in [5.41, 5.74) is 7.21. The van der Waals surface area contributed by atoms with E-state index >= 15 is 0 Å². The molecule has 0 aliphatic heterocycles. The van der Waals surface area contributed by atoms with Crippen molar-refractivity contribution < 1.29 is 14.4 Å². The lowest BCUT2D eigenvalue weighted by Gasteiger charge is -2.01. The summed E-state index contributed by atoms with van der Waals surface area (Å²) in [6.07, 6.45) is -0.259. The smallest absolute Gasteiger partial charge is 0.305 e. The molecule has 0 saturated heterocycles. The van der Waals surface area contributed by atoms with Crippen LogP contribution < -0.4 is 5.73 Å². The van der Waals surface area contributed by atoms with E-state index in [2.05, 4.69) is 15.2 Å². The number of aryl methyl sites for hydroxylation is 1. The third-order valence-corrected chi connectivity index (χ3v) is 3.11. The molecule has 3 rings (SSSR count). The van der Waals surface area contributed by atoms with Gasteiger partial charge in [0.15, 0.2) is 5.82 Å². The summed E-state index contributed by atoms with van der Waals surface area (Å²) in [6, 6.07) is 6.76. The number of aliphatic carboxylic acids is 1. The zero-order chi connectivity index (χ0) is 15.0. The fourth-order valence-corrected chi connectivity index (χ4v) is 2.16. The van der Waals surface area contributed by atoms with Gasteiger partial charge in [-0.05, 0) is 6.07 Å². The second-order valence-corrected chi connectivity index (χ2v) is 4.65. The topological polar surface area (TPSA) is 120 Å². The molecule has 0 aliphatic carbocycles. The summed E-state index contributed by atoms with van der Waals surface area (Å²) in [7, 11) is 1.77. The summed E-state index contributed by atoms with van der Waals surface area (Å²) in [5.74, 6) is -0.584. The Hall–Kier alpha value is -2.74. The van der Waals surface area contributed by atoms with Crippen LogP contribution in [0.3, 0.4) is 0 Å². The van der Waals surface area contributed by atoms with Crippen molar-refractivity contribution in [1.29, 1.82) is 0 Å². The fourth-order valence-electron chi connectivity index (χ4n) is 2.16. The van der Waals surface area contributed by atoms with Crippen LogP contribution >= 0.6 is 0 Å². The van der Waals surface area contributed by atoms with Gasteiger partial charge >= 0.3 is 5.97 Å². The molecule has 0 bridgehead atoms. The molecule has 3 aromatic rings. The lowest BCUT2D eigenvalue weighted by atomic mass is 10.2. The first kappa shape index (κ1) is 13.3. The van der Waals surface area contributed by atoms with Crippen LogP contribution in [0.5, 0.6) is 0 Å². The number of hydrogen-bond donors (Lipinski definition) is 2. The summed E-state index contributed by atoms with van der Waals surface area (Å²) in [5, 5.41) is 17.7. The maximum absolute atomic E-state index is 10.7. The number of fused-ring (bicyclic) bond motifs is 1. The first-order valence-electron chi connectivity index (χ1n) is 6.29. The molecular weight excluding hydrogens is 274 g/mol. The van der Waals surface area contributed by atoms with Crippen molar-refractivity contribution in [2.45, 2.75) is 12.5 Å². The van der Waals surface area contributed by atoms with E-state index in [0.717, 1.165) is 10.9 Å². The molecule has 1 aromatic carbocycles. The van der Waals surface area contributed by atoms with Gasteiger partial charge in [0.25, 0.3) is 5.89 Å². The molecule has 0 radical (unpaired) electrons. The molecule has 0 amide bonds. The zero-order valence-corrected chi connectivity index (χ0v) is 11.2. The average Bonchev–Trinajstić information content (AvgIpc) is 3.00. The second kappa shape index (κ2) is 4.98. The van der Waals surface area contributed by atoms with Crippen molar-refractivity contribution in [3.05, 3.63) is 30.1 Å². The number of nitrogens with two attached hydrogens (primary N) is 1. The van der Waals surface area contributed by atoms with Gasteiger partial charge in [-0.2, -0.15) is 10.1 Å². The van der Waals surface area contributed by atoms with Gasteiger partial charge in [0.1, 0.15) is 5.69 Å². The van der Waals surface area contributed by atoms with Gasteiger partial charge < -0.3 is 15.4 Å². The monoisotopic (exact) mass is 287 g/mol. The van der Waals surface area contributed by atoms with Crippen LogP contribution in [0.25, 0.3) is 22.5 Å². The van der Waals surface area contributed by atoms with Crippen molar-refractivity contribution in [3.8, 4) is 11.6 Å². The predicted octanol–water partition coefficient (Wildman–Crippen LogP) is 1.10. The Bertz CT molecular complexity index is 807. The Morgan fingerprint density at radius 3 is 3.00 bits per heavy atom. The molecule has 0 saturated carbocycles. The van der Waals surface area contributed by atoms with Gasteiger partial charge in [-0.15, -0.1) is 0 Å². The third-order valence-electron chi connectivity index (χ3n) is 3.11. The molecule has 3 N–H and O–H groups in total. The van der Waals surface area contributed by atoms with Crippen molar-refractivity contribution in [2.75, 3.05) is 0 Å². The summed E-state index contributed by atoms with van der Waals surface area (Å²) in [6.45, 7) is 0. The summed E-state index contributed by atoms with van der Waals surface area (Å²) >= 11 is 0. The molecule has 0 fully saturated rings. The van der Waals surface area contributed by atoms with E-state index in [9.17, 15) is 4.79 Å². The molecular formula is C13H13N5O3. The van der Waals surface area contributed by atoms with Gasteiger partial charge in [-0.25, -0.2) is 0 Å². The Balaban J connectivity index is 2.02. The normalized spacial score (nSPS) is 12.7. The first-order chi connectivity index (χ1) is 10.1. The highest BCUT2D eigenvalue weighted by molar-refractivity contribution is 5.91. The van der Waals surface area contributed by atoms with Crippen LogP contribution in [0.4, 0.5) is 0 Å². The number of carboxylic acids is 1. The minimum absolute atomic E-state index is 0.165. The molecule has 2 heterocycles. The van der Waals surface area contributed by atoms with Crippen LogP contribution in [0.1, 0.15) is 18.3 Å². The van der Waals surface area contributed by atoms with E-state index in [4.69, 9.17) is 15.4 Å². The summed E-state index contributed by atoms with van der Waals surface area (Å²) < 4.78 is 6.85. The SMILES string of the molecule is Cn1nc2ccccc2c1-c1nc([C@@H](N)CC(=O)O)no1. The molecule has 8 nitrogen and oxygen atoms in total. The number of carboxylic acid groups (broad SMARTS) is 1. The van der Waals surface area contributed by atoms with Crippen LogP contribution in [-0.4, -0.2) is 31.0 Å². The minimum Gasteiger partial charge on any atom is -0.481 e. The van der Waals surface area contributed by atoms with E-state index in [1.54, 1.807) is 11.7 Å². The van der Waals surface area contributed by atoms with Crippen LogP contribution in [0.15, 0.2) is 28.8 Å². The van der Waals surface area contributed by atoms with Crippen LogP contribution in [-0.2, 0) is 11.8 Å². The molecule has 8 heteroatoms. The Morgan fingerprint density at radius 1 is 1.48 bits per heavy atom. The fraction of sp³-hybridized carbons (Fsp3) is 0.231. The van der Waals surface area contributed by atoms with Crippen molar-refractivity contribution in [3.63, 3.8) is 0 Å². The number of hydrogen-bond acceptors (Lipinski definition) is 6. The first-order valence-corrected chi connectivity index (χ1v) is 6.29. The molecule has 0 aliphatic rings. The van der Waals surface area contributed by atoms with Gasteiger partial charge in [-0.1, -0.05) is 23.4 Å². The molecule has 0 unspecified atom stereocenters. The standard InChI is InChI=1S/C13H13N5O3/c1-18-11(7-4-2-3-5-9(7)16-18)13-15-12(17-21-13)8(14)6-10(19)20/h2-5,8H,6,14H2,1H3,(H,19,20)/t8-/m0/s1. The van der Waals surface area contributed by atoms with Gasteiger partial charge in [0.2, 0.25) is 0 Å². The van der Waals surface area contributed by atoms with Gasteiger partial charge in [0.05, 0.1) is 18.0 Å². The van der Waals surface area contributed by atoms with Crippen molar-refractivity contribution >= 4 is 16.9 Å². The van der Waals surface area contributed by atoms with Crippen LogP contribution in [0.2, 0.25) is 0 Å². The molecule has 108 valence electrons. The lowest BCUT2D eigenvalue weighted by Crippen LogP contribution is -2.16. The number of aromatic nitrogens is 4. The highest BCUT2D eigenvalue weighted by atomic mass is 16.5. The maximum Gasteiger partial charge on any atom is 0.305 e. The number of benzene rings is 1. The van der Waals surface area contributed by atoms with E-state index < -0.39 is 12.0 Å². The highest BCUT2D eigenvalue weighted by Gasteiger charge is 2.21. The molecule has 1 atom stereocenters. The molecule has 2 aromatic heterocycles. The van der Waals surface area contributed by atoms with E-state index in [-0.39, 0.29) is 18.1 Å². The Morgan fingerprint density at radius 2 is 2.24 bits per heavy atom. The summed E-state index contributed by atoms with van der Waals surface area (Å²) in [4.78, 5) is 14.9. The van der Waals surface area contributed by atoms with E-state index in [1.165, 1.54) is 0 Å². The van der Waals surface area contributed by atoms with Crippen molar-refractivity contribution in [1.82, 2.24) is 19.9 Å². The van der Waals surface area contributed by atoms with Crippen molar-refractivity contribution in [2.24, 2.45) is 12.8 Å². The average molecular weight is 287 g/mol. The number of carbonyl (C=O) groups is 1. The minimum atomic E-state index is -1.01. The van der Waals surface area contributed by atoms with Gasteiger partial charge in [-0.3, -0.25) is 9.48 Å². The number of nitrogens with zero attached hydrogens (tertiary/aromatic N) is 4. The lowest BCUT2D eigenvalue weighted by molar-refractivity contribution is -0.137. The maximum atomic E-state index is 10.7. The third kappa shape index (κ3) is 2.36. The Labute approximate surface area is 119 Å². The predicted molar refractivity (Wildman–Crippen MR) is 73.2 cm³/mol. The van der Waals surface area contributed by atoms with E-state index in [0.29, 0.717) is 5.69 Å².